The van der Waals surface area contributed by atoms with E-state index in [1.54, 1.807) is 0 Å². The minimum Gasteiger partial charge on any atom is -0.351 e. The molecule has 1 aromatic heterocycles. The molecular formula is C18H30N6O3S2. The molecule has 0 radical (unpaired) electrons. The molecular weight excluding hydrogens is 412 g/mol. The third kappa shape index (κ3) is 5.00. The molecule has 162 valence electrons. The van der Waals surface area contributed by atoms with Crippen molar-refractivity contribution in [3.8, 4) is 0 Å². The molecule has 1 unspecified atom stereocenters. The first-order valence-electron chi connectivity index (χ1n) is 10.4. The third-order valence-corrected chi connectivity index (χ3v) is 7.97. The lowest BCUT2D eigenvalue weighted by Crippen LogP contribution is -2.42. The van der Waals surface area contributed by atoms with Gasteiger partial charge in [0.15, 0.2) is 9.84 Å². The average molecular weight is 443 g/mol. The molecule has 0 spiro atoms. The Morgan fingerprint density at radius 2 is 1.97 bits per heavy atom. The van der Waals surface area contributed by atoms with Gasteiger partial charge in [-0.05, 0) is 57.8 Å². The minimum atomic E-state index is -3.00. The van der Waals surface area contributed by atoms with E-state index in [2.05, 4.69) is 14.8 Å². The smallest absolute Gasteiger partial charge is 0.234 e. The van der Waals surface area contributed by atoms with E-state index in [1.165, 1.54) is 19.3 Å². The second kappa shape index (κ2) is 8.35. The zero-order valence-electron chi connectivity index (χ0n) is 16.9. The van der Waals surface area contributed by atoms with Crippen LogP contribution < -0.4 is 10.2 Å². The van der Waals surface area contributed by atoms with E-state index in [4.69, 9.17) is 17.3 Å². The van der Waals surface area contributed by atoms with Crippen LogP contribution in [0.25, 0.3) is 0 Å². The fourth-order valence-electron chi connectivity index (χ4n) is 4.17. The molecule has 1 saturated carbocycles. The van der Waals surface area contributed by atoms with Crippen molar-refractivity contribution in [2.45, 2.75) is 57.3 Å². The standard InChI is InChI=1S/C18H30N6O3S2/c1-21(11-16(25)19-14-7-10-29(26,27)12-14)13-23-18(28)24(15-5-6-15)17(20-23)22-8-3-2-4-9-22/h14-15H,2-13H2,1H3,(H,19,25). The zero-order chi connectivity index (χ0) is 20.6. The van der Waals surface area contributed by atoms with Gasteiger partial charge in [-0.1, -0.05) is 0 Å². The van der Waals surface area contributed by atoms with E-state index in [-0.39, 0.29) is 30.0 Å². The number of nitrogens with one attached hydrogen (secondary N) is 1. The van der Waals surface area contributed by atoms with Crippen LogP contribution in [0.1, 0.15) is 44.6 Å². The van der Waals surface area contributed by atoms with E-state index >= 15 is 0 Å². The number of piperidine rings is 1. The third-order valence-electron chi connectivity index (χ3n) is 5.79. The highest BCUT2D eigenvalue weighted by atomic mass is 32.2. The first kappa shape index (κ1) is 20.8. The normalized spacial score (nSPS) is 24.2. The van der Waals surface area contributed by atoms with E-state index in [0.29, 0.717) is 23.9 Å². The number of sulfone groups is 1. The van der Waals surface area contributed by atoms with E-state index in [0.717, 1.165) is 31.9 Å². The Kier molecular flexibility index (Phi) is 5.99. The van der Waals surface area contributed by atoms with Crippen LogP contribution in [-0.2, 0) is 21.3 Å². The van der Waals surface area contributed by atoms with Crippen LogP contribution in [0.3, 0.4) is 0 Å². The number of hydrogen-bond donors (Lipinski definition) is 1. The zero-order valence-corrected chi connectivity index (χ0v) is 18.6. The second-order valence-electron chi connectivity index (χ2n) is 8.55. The van der Waals surface area contributed by atoms with Gasteiger partial charge in [-0.25, -0.2) is 13.1 Å². The summed E-state index contributed by atoms with van der Waals surface area (Å²) in [5, 5.41) is 7.65. The van der Waals surface area contributed by atoms with Crippen molar-refractivity contribution >= 4 is 33.9 Å². The maximum Gasteiger partial charge on any atom is 0.234 e. The van der Waals surface area contributed by atoms with Gasteiger partial charge in [0.2, 0.25) is 16.6 Å². The molecule has 2 aliphatic heterocycles. The van der Waals surface area contributed by atoms with Crippen LogP contribution in [0.15, 0.2) is 0 Å². The number of rotatable bonds is 7. The lowest BCUT2D eigenvalue weighted by atomic mass is 10.1. The highest BCUT2D eigenvalue weighted by Gasteiger charge is 2.32. The molecule has 1 atom stereocenters. The molecule has 1 amide bonds. The van der Waals surface area contributed by atoms with Gasteiger partial charge in [0.1, 0.15) is 0 Å². The van der Waals surface area contributed by atoms with E-state index in [1.807, 2.05) is 16.6 Å². The molecule has 11 heteroatoms. The Morgan fingerprint density at radius 1 is 1.24 bits per heavy atom. The highest BCUT2D eigenvalue weighted by Crippen LogP contribution is 2.38. The Morgan fingerprint density at radius 3 is 2.59 bits per heavy atom. The maximum absolute atomic E-state index is 12.3. The van der Waals surface area contributed by atoms with Crippen molar-refractivity contribution in [3.05, 3.63) is 4.77 Å². The number of nitrogens with zero attached hydrogens (tertiary/aromatic N) is 5. The van der Waals surface area contributed by atoms with Crippen LogP contribution in [0.2, 0.25) is 0 Å². The van der Waals surface area contributed by atoms with Crippen molar-refractivity contribution in [1.29, 1.82) is 0 Å². The number of amides is 1. The van der Waals surface area contributed by atoms with Crippen LogP contribution in [0.5, 0.6) is 0 Å². The molecule has 0 bridgehead atoms. The summed E-state index contributed by atoms with van der Waals surface area (Å²) >= 11 is 5.71. The van der Waals surface area contributed by atoms with Gasteiger partial charge in [-0.15, -0.1) is 5.10 Å². The topological polar surface area (TPSA) is 92.5 Å². The summed E-state index contributed by atoms with van der Waals surface area (Å²) < 4.78 is 27.8. The number of carbonyl (C=O) groups excluding carboxylic acids is 1. The van der Waals surface area contributed by atoms with Gasteiger partial charge in [0.05, 0.1) is 24.7 Å². The van der Waals surface area contributed by atoms with Gasteiger partial charge >= 0.3 is 0 Å². The van der Waals surface area contributed by atoms with Gasteiger partial charge in [0.25, 0.3) is 0 Å². The molecule has 3 aliphatic rings. The van der Waals surface area contributed by atoms with Gasteiger partial charge in [-0.2, -0.15) is 0 Å². The summed E-state index contributed by atoms with van der Waals surface area (Å²) in [6.45, 7) is 2.63. The fourth-order valence-corrected chi connectivity index (χ4v) is 6.17. The Balaban J connectivity index is 1.39. The highest BCUT2D eigenvalue weighted by molar-refractivity contribution is 7.91. The van der Waals surface area contributed by atoms with Crippen LogP contribution in [-0.4, -0.2) is 77.8 Å². The number of anilines is 1. The number of likely N-dealkylation sites (N-methyl/N-ethyl adjacent to an activating group) is 1. The molecule has 1 aliphatic carbocycles. The predicted octanol–water partition coefficient (Wildman–Crippen LogP) is 0.932. The number of hydrogen-bond acceptors (Lipinski definition) is 7. The van der Waals surface area contributed by atoms with Gasteiger partial charge < -0.3 is 10.2 Å². The largest absolute Gasteiger partial charge is 0.351 e. The molecule has 0 aromatic carbocycles. The Labute approximate surface area is 177 Å². The predicted molar refractivity (Wildman–Crippen MR) is 113 cm³/mol. The fraction of sp³-hybridized carbons (Fsp3) is 0.833. The van der Waals surface area contributed by atoms with Crippen molar-refractivity contribution in [2.75, 3.05) is 43.1 Å². The number of aromatic nitrogens is 3. The molecule has 4 rings (SSSR count). The van der Waals surface area contributed by atoms with Crippen LogP contribution >= 0.6 is 12.2 Å². The summed E-state index contributed by atoms with van der Waals surface area (Å²) in [6.07, 6.45) is 6.41. The van der Waals surface area contributed by atoms with E-state index < -0.39 is 9.84 Å². The quantitative estimate of drug-likeness (QED) is 0.628. The molecule has 2 saturated heterocycles. The summed E-state index contributed by atoms with van der Waals surface area (Å²) in [4.78, 5) is 16.5. The summed E-state index contributed by atoms with van der Waals surface area (Å²) in [5.74, 6) is 0.990. The molecule has 29 heavy (non-hydrogen) atoms. The lowest BCUT2D eigenvalue weighted by Gasteiger charge is -2.27. The van der Waals surface area contributed by atoms with Crippen LogP contribution in [0, 0.1) is 4.77 Å². The van der Waals surface area contributed by atoms with E-state index in [9.17, 15) is 13.2 Å². The van der Waals surface area contributed by atoms with Crippen LogP contribution in [0.4, 0.5) is 5.95 Å². The van der Waals surface area contributed by atoms with Gasteiger partial charge in [0, 0.05) is 25.2 Å². The number of carbonyl (C=O) groups is 1. The summed E-state index contributed by atoms with van der Waals surface area (Å²) in [5.41, 5.74) is 0. The molecule has 9 nitrogen and oxygen atoms in total. The molecule has 3 fully saturated rings. The van der Waals surface area contributed by atoms with Gasteiger partial charge in [-0.3, -0.25) is 14.3 Å². The molecule has 1 N–H and O–H groups in total. The average Bonchev–Trinajstić information content (AvgIpc) is 3.37. The van der Waals surface area contributed by atoms with Crippen molar-refractivity contribution < 1.29 is 13.2 Å². The van der Waals surface area contributed by atoms with Crippen molar-refractivity contribution in [1.82, 2.24) is 24.6 Å². The second-order valence-corrected chi connectivity index (χ2v) is 11.1. The Bertz CT molecular complexity index is 915. The maximum atomic E-state index is 12.3. The summed E-state index contributed by atoms with van der Waals surface area (Å²) in [7, 11) is -1.15. The summed E-state index contributed by atoms with van der Waals surface area (Å²) in [6, 6.07) is 0.175. The lowest BCUT2D eigenvalue weighted by molar-refractivity contribution is -0.122. The first-order chi connectivity index (χ1) is 13.8. The molecule has 1 aromatic rings. The SMILES string of the molecule is CN(CC(=O)NC1CCS(=O)(=O)C1)Cn1nc(N2CCCCC2)n(C2CC2)c1=S. The Hall–Kier alpha value is -1.46. The van der Waals surface area contributed by atoms with Crippen molar-refractivity contribution in [2.24, 2.45) is 0 Å². The monoisotopic (exact) mass is 442 g/mol. The first-order valence-corrected chi connectivity index (χ1v) is 12.7. The molecule has 3 heterocycles. The van der Waals surface area contributed by atoms with Crippen molar-refractivity contribution in [3.63, 3.8) is 0 Å². The minimum absolute atomic E-state index is 0.0402.